The third-order valence-electron chi connectivity index (χ3n) is 3.16. The van der Waals surface area contributed by atoms with Gasteiger partial charge in [0.1, 0.15) is 5.75 Å². The van der Waals surface area contributed by atoms with Gasteiger partial charge in [-0.2, -0.15) is 0 Å². The van der Waals surface area contributed by atoms with Crippen molar-refractivity contribution >= 4 is 29.9 Å². The molecule has 1 aromatic rings. The Hall–Kier alpha value is -1.02. The fourth-order valence-corrected chi connectivity index (χ4v) is 1.71. The molecule has 22 heavy (non-hydrogen) atoms. The highest BCUT2D eigenvalue weighted by atomic mass is 127. The van der Waals surface area contributed by atoms with Crippen molar-refractivity contribution in [2.75, 3.05) is 20.3 Å². The summed E-state index contributed by atoms with van der Waals surface area (Å²) in [6.45, 7) is 7.97. The normalized spacial score (nSPS) is 12.5. The molecule has 126 valence electrons. The van der Waals surface area contributed by atoms with Crippen LogP contribution in [-0.2, 0) is 11.3 Å². The van der Waals surface area contributed by atoms with Gasteiger partial charge in [0.05, 0.1) is 19.3 Å². The molecule has 1 atom stereocenters. The van der Waals surface area contributed by atoms with Crippen molar-refractivity contribution in [3.05, 3.63) is 29.3 Å². The molecule has 3 N–H and O–H groups in total. The molecule has 5 nitrogen and oxygen atoms in total. The number of hydrogen-bond acceptors (Lipinski definition) is 3. The molecule has 1 rings (SSSR count). The molecule has 0 heterocycles. The van der Waals surface area contributed by atoms with Crippen molar-refractivity contribution in [2.45, 2.75) is 39.8 Å². The molecule has 0 aliphatic rings. The first-order chi connectivity index (χ1) is 10.1. The second-order valence-corrected chi connectivity index (χ2v) is 5.07. The number of rotatable bonds is 8. The first kappa shape index (κ1) is 21.0. The number of aliphatic imine (C=N–C) groups is 1. The predicted molar refractivity (Wildman–Crippen MR) is 102 cm³/mol. The van der Waals surface area contributed by atoms with E-state index < -0.39 is 0 Å². The summed E-state index contributed by atoms with van der Waals surface area (Å²) in [6.07, 6.45) is 1.16. The van der Waals surface area contributed by atoms with Gasteiger partial charge in [-0.25, -0.2) is 4.99 Å². The van der Waals surface area contributed by atoms with Crippen molar-refractivity contribution in [1.29, 1.82) is 0 Å². The third-order valence-corrected chi connectivity index (χ3v) is 3.16. The van der Waals surface area contributed by atoms with E-state index in [9.17, 15) is 0 Å². The van der Waals surface area contributed by atoms with Crippen LogP contribution in [-0.4, -0.2) is 32.3 Å². The lowest BCUT2D eigenvalue weighted by Crippen LogP contribution is -2.34. The number of methoxy groups -OCH3 is 1. The third kappa shape index (κ3) is 7.84. The molecule has 0 aliphatic heterocycles. The van der Waals surface area contributed by atoms with Crippen LogP contribution in [0, 0.1) is 6.92 Å². The Morgan fingerprint density at radius 2 is 2.14 bits per heavy atom. The minimum absolute atomic E-state index is 0. The maximum absolute atomic E-state index is 5.96. The molecule has 0 aliphatic carbocycles. The summed E-state index contributed by atoms with van der Waals surface area (Å²) in [5, 5.41) is 3.00. The van der Waals surface area contributed by atoms with E-state index in [0.29, 0.717) is 25.7 Å². The van der Waals surface area contributed by atoms with Crippen molar-refractivity contribution in [3.63, 3.8) is 0 Å². The Bertz CT molecular complexity index is 467. The van der Waals surface area contributed by atoms with Gasteiger partial charge < -0.3 is 20.5 Å². The molecule has 0 fully saturated rings. The number of nitrogens with one attached hydrogen (secondary N) is 1. The lowest BCUT2D eigenvalue weighted by atomic mass is 10.1. The van der Waals surface area contributed by atoms with E-state index in [2.05, 4.69) is 37.1 Å². The van der Waals surface area contributed by atoms with Gasteiger partial charge in [0.2, 0.25) is 0 Å². The molecule has 0 radical (unpaired) electrons. The van der Waals surface area contributed by atoms with Crippen LogP contribution in [0.1, 0.15) is 31.4 Å². The number of nitrogens with zero attached hydrogens (tertiary/aromatic N) is 1. The minimum atomic E-state index is 0. The number of ether oxygens (including phenoxy) is 2. The second kappa shape index (κ2) is 11.5. The Balaban J connectivity index is 0.00000441. The highest BCUT2D eigenvalue weighted by Crippen LogP contribution is 2.23. The summed E-state index contributed by atoms with van der Waals surface area (Å²) in [5.74, 6) is 1.31. The number of halogens is 1. The molecule has 0 bridgehead atoms. The highest BCUT2D eigenvalue weighted by molar-refractivity contribution is 14.0. The molecule has 6 heteroatoms. The van der Waals surface area contributed by atoms with Gasteiger partial charge in [-0.1, -0.05) is 19.1 Å². The van der Waals surface area contributed by atoms with Gasteiger partial charge in [-0.15, -0.1) is 24.0 Å². The van der Waals surface area contributed by atoms with E-state index in [1.807, 2.05) is 12.1 Å². The first-order valence-corrected chi connectivity index (χ1v) is 7.35. The standard InChI is InChI=1S/C16H27N3O2.HI/c1-5-13(3)21-15-10-12(2)6-7-14(15)11-19-16(17)18-8-9-20-4;/h6-7,10,13H,5,8-9,11H2,1-4H3,(H3,17,18,19);1H. The Morgan fingerprint density at radius 3 is 2.77 bits per heavy atom. The maximum Gasteiger partial charge on any atom is 0.189 e. The summed E-state index contributed by atoms with van der Waals surface area (Å²) in [5.41, 5.74) is 8.02. The minimum Gasteiger partial charge on any atom is -0.490 e. The number of benzene rings is 1. The summed E-state index contributed by atoms with van der Waals surface area (Å²) < 4.78 is 10.9. The van der Waals surface area contributed by atoms with Gasteiger partial charge in [0, 0.05) is 19.2 Å². The number of hydrogen-bond donors (Lipinski definition) is 2. The predicted octanol–water partition coefficient (Wildman–Crippen LogP) is 2.84. The Labute approximate surface area is 150 Å². The second-order valence-electron chi connectivity index (χ2n) is 5.07. The smallest absolute Gasteiger partial charge is 0.189 e. The molecule has 0 saturated carbocycles. The van der Waals surface area contributed by atoms with Crippen LogP contribution in [0.4, 0.5) is 0 Å². The van der Waals surface area contributed by atoms with Crippen LogP contribution in [0.2, 0.25) is 0 Å². The molecule has 1 unspecified atom stereocenters. The number of guanidine groups is 1. The fraction of sp³-hybridized carbons (Fsp3) is 0.562. The first-order valence-electron chi connectivity index (χ1n) is 7.35. The van der Waals surface area contributed by atoms with E-state index in [1.54, 1.807) is 7.11 Å². The summed E-state index contributed by atoms with van der Waals surface area (Å²) in [7, 11) is 1.65. The van der Waals surface area contributed by atoms with E-state index in [0.717, 1.165) is 17.7 Å². The molecular formula is C16H28IN3O2. The van der Waals surface area contributed by atoms with E-state index in [1.165, 1.54) is 5.56 Å². The van der Waals surface area contributed by atoms with Crippen LogP contribution < -0.4 is 15.8 Å². The molecule has 0 aromatic heterocycles. The zero-order valence-corrected chi connectivity index (χ0v) is 16.2. The maximum atomic E-state index is 5.96. The summed E-state index contributed by atoms with van der Waals surface area (Å²) in [6, 6.07) is 6.15. The lowest BCUT2D eigenvalue weighted by molar-refractivity contribution is 0.204. The molecule has 0 saturated heterocycles. The molecule has 0 amide bonds. The van der Waals surface area contributed by atoms with Gasteiger partial charge in [0.25, 0.3) is 0 Å². The molecular weight excluding hydrogens is 393 g/mol. The SMILES string of the molecule is CCC(C)Oc1cc(C)ccc1CN=C(N)NCCOC.I. The van der Waals surface area contributed by atoms with Crippen LogP contribution in [0.3, 0.4) is 0 Å². The van der Waals surface area contributed by atoms with E-state index in [4.69, 9.17) is 15.2 Å². The van der Waals surface area contributed by atoms with Crippen molar-refractivity contribution in [1.82, 2.24) is 5.32 Å². The average Bonchev–Trinajstić information content (AvgIpc) is 2.46. The summed E-state index contributed by atoms with van der Waals surface area (Å²) >= 11 is 0. The van der Waals surface area contributed by atoms with Crippen molar-refractivity contribution in [2.24, 2.45) is 10.7 Å². The van der Waals surface area contributed by atoms with Crippen LogP contribution in [0.5, 0.6) is 5.75 Å². The van der Waals surface area contributed by atoms with Gasteiger partial charge >= 0.3 is 0 Å². The van der Waals surface area contributed by atoms with Crippen molar-refractivity contribution in [3.8, 4) is 5.75 Å². The zero-order valence-electron chi connectivity index (χ0n) is 13.9. The van der Waals surface area contributed by atoms with Gasteiger partial charge in [-0.05, 0) is 31.9 Å². The largest absolute Gasteiger partial charge is 0.490 e. The van der Waals surface area contributed by atoms with Crippen molar-refractivity contribution < 1.29 is 9.47 Å². The monoisotopic (exact) mass is 421 g/mol. The topological polar surface area (TPSA) is 68.9 Å². The van der Waals surface area contributed by atoms with Crippen LogP contribution >= 0.6 is 24.0 Å². The molecule has 1 aromatic carbocycles. The lowest BCUT2D eigenvalue weighted by Gasteiger charge is -2.16. The zero-order chi connectivity index (χ0) is 15.7. The number of aryl methyl sites for hydroxylation is 1. The van der Waals surface area contributed by atoms with Crippen LogP contribution in [0.15, 0.2) is 23.2 Å². The average molecular weight is 421 g/mol. The van der Waals surface area contributed by atoms with E-state index >= 15 is 0 Å². The fourth-order valence-electron chi connectivity index (χ4n) is 1.71. The highest BCUT2D eigenvalue weighted by Gasteiger charge is 2.07. The number of nitrogens with two attached hydrogens (primary N) is 1. The van der Waals surface area contributed by atoms with Crippen LogP contribution in [0.25, 0.3) is 0 Å². The quantitative estimate of drug-likeness (QED) is 0.293. The van der Waals surface area contributed by atoms with Gasteiger partial charge in [-0.3, -0.25) is 0 Å². The summed E-state index contributed by atoms with van der Waals surface area (Å²) in [4.78, 5) is 4.34. The Morgan fingerprint density at radius 1 is 1.41 bits per heavy atom. The Kier molecular flexibility index (Phi) is 11.0. The molecule has 0 spiro atoms. The van der Waals surface area contributed by atoms with E-state index in [-0.39, 0.29) is 30.1 Å². The van der Waals surface area contributed by atoms with Gasteiger partial charge in [0.15, 0.2) is 5.96 Å².